The molecule has 0 aromatic rings. The first-order valence-electron chi connectivity index (χ1n) is 7.43. The zero-order valence-corrected chi connectivity index (χ0v) is 14.4. The van der Waals surface area contributed by atoms with Crippen LogP contribution < -0.4 is 11.1 Å². The van der Waals surface area contributed by atoms with Crippen molar-refractivity contribution in [3.63, 3.8) is 0 Å². The Balaban J connectivity index is 2.39. The van der Waals surface area contributed by atoms with Crippen LogP contribution in [0.5, 0.6) is 0 Å². The van der Waals surface area contributed by atoms with Crippen LogP contribution in [-0.2, 0) is 9.59 Å². The molecule has 122 valence electrons. The van der Waals surface area contributed by atoms with E-state index >= 15 is 0 Å². The van der Waals surface area contributed by atoms with E-state index in [1.165, 1.54) is 0 Å². The van der Waals surface area contributed by atoms with Crippen molar-refractivity contribution in [3.8, 4) is 0 Å². The molecule has 1 saturated heterocycles. The van der Waals surface area contributed by atoms with Gasteiger partial charge in [0.05, 0.1) is 12.5 Å². The highest BCUT2D eigenvalue weighted by Crippen LogP contribution is 2.60. The molecule has 1 unspecified atom stereocenters. The van der Waals surface area contributed by atoms with Gasteiger partial charge in [0.15, 0.2) is 0 Å². The van der Waals surface area contributed by atoms with E-state index in [1.807, 2.05) is 18.7 Å². The van der Waals surface area contributed by atoms with Crippen LogP contribution in [-0.4, -0.2) is 38.6 Å². The fourth-order valence-corrected chi connectivity index (χ4v) is 5.69. The summed E-state index contributed by atoms with van der Waals surface area (Å²) in [6.45, 7) is 11.0. The van der Waals surface area contributed by atoms with Gasteiger partial charge in [0.2, 0.25) is 5.91 Å². The molecule has 2 atom stereocenters. The van der Waals surface area contributed by atoms with E-state index in [9.17, 15) is 9.59 Å². The molecule has 0 aromatic carbocycles. The quantitative estimate of drug-likeness (QED) is 0.668. The molecule has 6 heteroatoms. The second kappa shape index (κ2) is 6.57. The standard InChI is InChI=1S/C15H28N2O3S/c1-9(17-13(20)10(16)8-12(18)19)6-7-11-14(2,3)21-15(11,4)5/h9-11H,6-8,16H2,1-5H3,(H,17,20)(H,18,19)/t9?,10-/m0/s1. The highest BCUT2D eigenvalue weighted by atomic mass is 32.2. The molecular formula is C15H28N2O3S. The van der Waals surface area contributed by atoms with Crippen LogP contribution in [0.4, 0.5) is 0 Å². The largest absolute Gasteiger partial charge is 0.481 e. The maximum Gasteiger partial charge on any atom is 0.305 e. The Hall–Kier alpha value is -0.750. The van der Waals surface area contributed by atoms with Gasteiger partial charge in [-0.05, 0) is 25.7 Å². The van der Waals surface area contributed by atoms with Crippen molar-refractivity contribution in [3.05, 3.63) is 0 Å². The topological polar surface area (TPSA) is 92.4 Å². The van der Waals surface area contributed by atoms with Crippen molar-refractivity contribution in [2.75, 3.05) is 0 Å². The lowest BCUT2D eigenvalue weighted by Crippen LogP contribution is -2.54. The van der Waals surface area contributed by atoms with E-state index in [4.69, 9.17) is 10.8 Å². The minimum absolute atomic E-state index is 0.00884. The number of carbonyl (C=O) groups is 2. The molecular weight excluding hydrogens is 288 g/mol. The van der Waals surface area contributed by atoms with Gasteiger partial charge < -0.3 is 16.2 Å². The van der Waals surface area contributed by atoms with Crippen LogP contribution in [0.15, 0.2) is 0 Å². The summed E-state index contributed by atoms with van der Waals surface area (Å²) in [7, 11) is 0. The van der Waals surface area contributed by atoms with Gasteiger partial charge in [0.25, 0.3) is 0 Å². The summed E-state index contributed by atoms with van der Waals surface area (Å²) in [5.41, 5.74) is 5.55. The molecule has 21 heavy (non-hydrogen) atoms. The maximum atomic E-state index is 11.8. The van der Waals surface area contributed by atoms with Crippen LogP contribution in [0.1, 0.15) is 53.9 Å². The summed E-state index contributed by atoms with van der Waals surface area (Å²) in [6.07, 6.45) is 1.59. The summed E-state index contributed by atoms with van der Waals surface area (Å²) in [4.78, 5) is 22.3. The molecule has 0 bridgehead atoms. The van der Waals surface area contributed by atoms with E-state index < -0.39 is 12.0 Å². The van der Waals surface area contributed by atoms with Crippen molar-refractivity contribution < 1.29 is 14.7 Å². The third-order valence-electron chi connectivity index (χ3n) is 4.21. The number of thioether (sulfide) groups is 1. The number of carbonyl (C=O) groups excluding carboxylic acids is 1. The van der Waals surface area contributed by atoms with E-state index in [-0.39, 0.29) is 27.9 Å². The predicted octanol–water partition coefficient (Wildman–Crippen LogP) is 1.99. The monoisotopic (exact) mass is 316 g/mol. The van der Waals surface area contributed by atoms with Gasteiger partial charge in [-0.15, -0.1) is 11.8 Å². The number of rotatable bonds is 7. The van der Waals surface area contributed by atoms with Gasteiger partial charge >= 0.3 is 5.97 Å². The molecule has 0 aliphatic carbocycles. The molecule has 0 spiro atoms. The summed E-state index contributed by atoms with van der Waals surface area (Å²) in [6, 6.07) is -0.966. The average Bonchev–Trinajstić information content (AvgIpc) is 2.25. The van der Waals surface area contributed by atoms with Crippen LogP contribution in [0.2, 0.25) is 0 Å². The number of nitrogens with two attached hydrogens (primary N) is 1. The van der Waals surface area contributed by atoms with Crippen molar-refractivity contribution in [2.24, 2.45) is 11.7 Å². The number of aliphatic carboxylic acids is 1. The fraction of sp³-hybridized carbons (Fsp3) is 0.867. The Morgan fingerprint density at radius 1 is 1.29 bits per heavy atom. The Bertz CT molecular complexity index is 396. The second-order valence-electron chi connectivity index (χ2n) is 7.05. The molecule has 0 aromatic heterocycles. The van der Waals surface area contributed by atoms with Gasteiger partial charge in [-0.3, -0.25) is 9.59 Å². The van der Waals surface area contributed by atoms with E-state index in [1.54, 1.807) is 0 Å². The Labute approximate surface area is 131 Å². The fourth-order valence-electron chi connectivity index (χ4n) is 3.41. The molecule has 1 rings (SSSR count). The van der Waals surface area contributed by atoms with E-state index in [0.29, 0.717) is 5.92 Å². The van der Waals surface area contributed by atoms with Gasteiger partial charge in [0.1, 0.15) is 0 Å². The van der Waals surface area contributed by atoms with Crippen molar-refractivity contribution in [2.45, 2.75) is 75.5 Å². The van der Waals surface area contributed by atoms with Crippen molar-refractivity contribution >= 4 is 23.6 Å². The minimum Gasteiger partial charge on any atom is -0.481 e. The summed E-state index contributed by atoms with van der Waals surface area (Å²) < 4.78 is 0.569. The molecule has 0 saturated carbocycles. The highest BCUT2D eigenvalue weighted by Gasteiger charge is 2.53. The number of carboxylic acids is 1. The van der Waals surface area contributed by atoms with Crippen LogP contribution in [0, 0.1) is 5.92 Å². The van der Waals surface area contributed by atoms with Crippen molar-refractivity contribution in [1.82, 2.24) is 5.32 Å². The molecule has 1 aliphatic heterocycles. The molecule has 1 amide bonds. The Kier molecular flexibility index (Phi) is 5.72. The van der Waals surface area contributed by atoms with Gasteiger partial charge in [-0.1, -0.05) is 27.7 Å². The third-order valence-corrected chi connectivity index (χ3v) is 5.83. The van der Waals surface area contributed by atoms with Crippen LogP contribution >= 0.6 is 11.8 Å². The molecule has 0 radical (unpaired) electrons. The molecule has 5 nitrogen and oxygen atoms in total. The Morgan fingerprint density at radius 3 is 2.24 bits per heavy atom. The van der Waals surface area contributed by atoms with Crippen LogP contribution in [0.25, 0.3) is 0 Å². The minimum atomic E-state index is -1.06. The lowest BCUT2D eigenvalue weighted by molar-refractivity contribution is -0.139. The van der Waals surface area contributed by atoms with Gasteiger partial charge in [-0.2, -0.15) is 0 Å². The summed E-state index contributed by atoms with van der Waals surface area (Å²) in [5, 5.41) is 11.4. The van der Waals surface area contributed by atoms with Crippen LogP contribution in [0.3, 0.4) is 0 Å². The summed E-state index contributed by atoms with van der Waals surface area (Å²) in [5.74, 6) is -0.825. The third kappa shape index (κ3) is 4.88. The van der Waals surface area contributed by atoms with Gasteiger partial charge in [-0.25, -0.2) is 0 Å². The zero-order chi connectivity index (χ0) is 16.4. The lowest BCUT2D eigenvalue weighted by atomic mass is 9.78. The van der Waals surface area contributed by atoms with E-state index in [0.717, 1.165) is 12.8 Å². The first-order chi connectivity index (χ1) is 9.45. The molecule has 1 aliphatic rings. The van der Waals surface area contributed by atoms with E-state index in [2.05, 4.69) is 33.0 Å². The molecule has 1 fully saturated rings. The summed E-state index contributed by atoms with van der Waals surface area (Å²) >= 11 is 2.00. The lowest BCUT2D eigenvalue weighted by Gasteiger charge is -2.57. The average molecular weight is 316 g/mol. The first-order valence-corrected chi connectivity index (χ1v) is 8.25. The highest BCUT2D eigenvalue weighted by molar-refractivity contribution is 8.03. The zero-order valence-electron chi connectivity index (χ0n) is 13.6. The number of hydrogen-bond acceptors (Lipinski definition) is 4. The number of carboxylic acid groups (broad SMARTS) is 1. The number of amides is 1. The normalized spacial score (nSPS) is 23.0. The maximum absolute atomic E-state index is 11.8. The number of nitrogens with one attached hydrogen (secondary N) is 1. The smallest absolute Gasteiger partial charge is 0.305 e. The predicted molar refractivity (Wildman–Crippen MR) is 86.3 cm³/mol. The number of hydrogen-bond donors (Lipinski definition) is 3. The second-order valence-corrected chi connectivity index (χ2v) is 9.36. The van der Waals surface area contributed by atoms with Crippen molar-refractivity contribution in [1.29, 1.82) is 0 Å². The molecule has 4 N–H and O–H groups in total. The SMILES string of the molecule is CC(CCC1C(C)(C)SC1(C)C)NC(=O)[C@@H](N)CC(=O)O. The molecule has 1 heterocycles. The Morgan fingerprint density at radius 2 is 1.81 bits per heavy atom. The first kappa shape index (κ1) is 18.3. The van der Waals surface area contributed by atoms with Gasteiger partial charge in [0, 0.05) is 15.5 Å².